The minimum Gasteiger partial charge on any atom is -0.396 e. The maximum atomic E-state index is 13.5. The minimum absolute atomic E-state index is 0.00204. The lowest BCUT2D eigenvalue weighted by Gasteiger charge is -2.30. The first kappa shape index (κ1) is 16.4. The predicted molar refractivity (Wildman–Crippen MR) is 76.3 cm³/mol. The summed E-state index contributed by atoms with van der Waals surface area (Å²) in [4.78, 5) is 0.188. The van der Waals surface area contributed by atoms with Crippen LogP contribution in [0.1, 0.15) is 24.4 Å². The van der Waals surface area contributed by atoms with Crippen molar-refractivity contribution in [2.45, 2.75) is 29.8 Å². The van der Waals surface area contributed by atoms with Crippen molar-refractivity contribution in [2.24, 2.45) is 0 Å². The van der Waals surface area contributed by atoms with Crippen LogP contribution in [-0.4, -0.2) is 45.6 Å². The molecule has 0 saturated heterocycles. The van der Waals surface area contributed by atoms with Crippen molar-refractivity contribution in [1.29, 1.82) is 0 Å². The zero-order valence-corrected chi connectivity index (χ0v) is 12.7. The third kappa shape index (κ3) is 3.79. The van der Waals surface area contributed by atoms with Crippen molar-refractivity contribution in [1.82, 2.24) is 5.32 Å². The van der Waals surface area contributed by atoms with E-state index in [0.29, 0.717) is 25.0 Å². The number of rotatable bonds is 6. The van der Waals surface area contributed by atoms with Crippen molar-refractivity contribution in [3.05, 3.63) is 29.6 Å². The van der Waals surface area contributed by atoms with Crippen LogP contribution in [0.2, 0.25) is 0 Å². The molecule has 2 N–H and O–H groups in total. The van der Waals surface area contributed by atoms with Gasteiger partial charge >= 0.3 is 0 Å². The number of benzene rings is 1. The molecule has 0 radical (unpaired) electrons. The Labute approximate surface area is 124 Å². The lowest BCUT2D eigenvalue weighted by molar-refractivity contribution is 0.141. The summed E-state index contributed by atoms with van der Waals surface area (Å²) in [6.45, 7) is 0.399. The molecule has 1 aromatic carbocycles. The fourth-order valence-corrected chi connectivity index (χ4v) is 4.24. The summed E-state index contributed by atoms with van der Waals surface area (Å²) < 4.78 is 42.7. The molecule has 21 heavy (non-hydrogen) atoms. The average Bonchev–Trinajstić information content (AvgIpc) is 2.42. The highest BCUT2D eigenvalue weighted by molar-refractivity contribution is 7.91. The van der Waals surface area contributed by atoms with E-state index in [1.807, 2.05) is 0 Å². The number of hydrogen-bond donors (Lipinski definition) is 2. The summed E-state index contributed by atoms with van der Waals surface area (Å²) >= 11 is 0. The molecule has 2 rings (SSSR count). The lowest BCUT2D eigenvalue weighted by atomic mass is 10.0. The van der Waals surface area contributed by atoms with Gasteiger partial charge < -0.3 is 15.2 Å². The van der Waals surface area contributed by atoms with Crippen LogP contribution in [0.5, 0.6) is 0 Å². The van der Waals surface area contributed by atoms with Gasteiger partial charge in [0.25, 0.3) is 0 Å². The monoisotopic (exact) mass is 317 g/mol. The largest absolute Gasteiger partial charge is 0.396 e. The number of halogens is 1. The molecule has 2 atom stereocenters. The standard InChI is InChI=1S/C14H20FNO4S/c1-20-9-11(4-6-17)16-13-5-7-21(18,19)14-3-2-10(15)8-12(13)14/h2-3,8,11,13,16-17H,4-7,9H2,1H3. The molecule has 5 nitrogen and oxygen atoms in total. The van der Waals surface area contributed by atoms with Crippen LogP contribution in [0.4, 0.5) is 4.39 Å². The highest BCUT2D eigenvalue weighted by Crippen LogP contribution is 2.33. The topological polar surface area (TPSA) is 75.6 Å². The first-order chi connectivity index (χ1) is 9.97. The predicted octanol–water partition coefficient (Wildman–Crippen LogP) is 1.03. The Balaban J connectivity index is 2.28. The molecule has 0 saturated carbocycles. The van der Waals surface area contributed by atoms with Gasteiger partial charge in [-0.05, 0) is 36.6 Å². The number of aliphatic hydroxyl groups excluding tert-OH is 1. The van der Waals surface area contributed by atoms with E-state index >= 15 is 0 Å². The molecule has 0 spiro atoms. The van der Waals surface area contributed by atoms with Gasteiger partial charge in [-0.1, -0.05) is 0 Å². The summed E-state index contributed by atoms with van der Waals surface area (Å²) in [5.74, 6) is -0.426. The number of fused-ring (bicyclic) bond motifs is 1. The van der Waals surface area contributed by atoms with Crippen molar-refractivity contribution in [3.63, 3.8) is 0 Å². The van der Waals surface area contributed by atoms with E-state index in [9.17, 15) is 12.8 Å². The Morgan fingerprint density at radius 2 is 2.29 bits per heavy atom. The van der Waals surface area contributed by atoms with E-state index in [1.165, 1.54) is 18.2 Å². The molecule has 2 unspecified atom stereocenters. The number of aliphatic hydroxyl groups is 1. The molecule has 0 aliphatic carbocycles. The van der Waals surface area contributed by atoms with Crippen LogP contribution in [0, 0.1) is 5.82 Å². The van der Waals surface area contributed by atoms with Crippen LogP contribution in [0.15, 0.2) is 23.1 Å². The fourth-order valence-electron chi connectivity index (χ4n) is 2.64. The van der Waals surface area contributed by atoms with E-state index < -0.39 is 15.7 Å². The van der Waals surface area contributed by atoms with Crippen LogP contribution >= 0.6 is 0 Å². The molecule has 0 bridgehead atoms. The minimum atomic E-state index is -3.34. The van der Waals surface area contributed by atoms with Crippen LogP contribution in [0.3, 0.4) is 0 Å². The van der Waals surface area contributed by atoms with E-state index in [4.69, 9.17) is 9.84 Å². The Hall–Kier alpha value is -1.02. The number of nitrogens with one attached hydrogen (secondary N) is 1. The SMILES string of the molecule is COCC(CCO)NC1CCS(=O)(=O)c2ccc(F)cc21. The second-order valence-corrected chi connectivity index (χ2v) is 7.25. The normalized spacial score (nSPS) is 21.8. The fraction of sp³-hybridized carbons (Fsp3) is 0.571. The molecule has 0 aromatic heterocycles. The van der Waals surface area contributed by atoms with Crippen molar-refractivity contribution in [3.8, 4) is 0 Å². The Morgan fingerprint density at radius 1 is 1.52 bits per heavy atom. The molecule has 0 fully saturated rings. The second kappa shape index (κ2) is 6.83. The Kier molecular flexibility index (Phi) is 5.32. The molecular formula is C14H20FNO4S. The molecule has 1 heterocycles. The zero-order chi connectivity index (χ0) is 15.5. The van der Waals surface area contributed by atoms with Gasteiger partial charge in [-0.25, -0.2) is 12.8 Å². The lowest BCUT2D eigenvalue weighted by Crippen LogP contribution is -2.39. The van der Waals surface area contributed by atoms with Gasteiger partial charge in [-0.15, -0.1) is 0 Å². The van der Waals surface area contributed by atoms with E-state index in [1.54, 1.807) is 7.11 Å². The van der Waals surface area contributed by atoms with Gasteiger partial charge in [0.15, 0.2) is 9.84 Å². The molecule has 1 aromatic rings. The quantitative estimate of drug-likeness (QED) is 0.767. The maximum absolute atomic E-state index is 13.5. The van der Waals surface area contributed by atoms with Gasteiger partial charge in [0.05, 0.1) is 17.3 Å². The number of ether oxygens (including phenoxy) is 1. The average molecular weight is 317 g/mol. The Bertz CT molecular complexity index is 585. The van der Waals surface area contributed by atoms with Crippen LogP contribution in [0.25, 0.3) is 0 Å². The van der Waals surface area contributed by atoms with Gasteiger partial charge in [-0.3, -0.25) is 0 Å². The molecule has 0 amide bonds. The summed E-state index contributed by atoms with van der Waals surface area (Å²) in [5, 5.41) is 12.3. The van der Waals surface area contributed by atoms with Gasteiger partial charge in [0, 0.05) is 25.8 Å². The number of hydrogen-bond acceptors (Lipinski definition) is 5. The Morgan fingerprint density at radius 3 is 2.95 bits per heavy atom. The summed E-state index contributed by atoms with van der Waals surface area (Å²) in [6.07, 6.45) is 0.867. The highest BCUT2D eigenvalue weighted by atomic mass is 32.2. The first-order valence-corrected chi connectivity index (χ1v) is 8.51. The number of sulfone groups is 1. The van der Waals surface area contributed by atoms with Crippen molar-refractivity contribution in [2.75, 3.05) is 26.1 Å². The van der Waals surface area contributed by atoms with E-state index in [-0.39, 0.29) is 29.3 Å². The summed E-state index contributed by atoms with van der Waals surface area (Å²) in [7, 11) is -1.78. The van der Waals surface area contributed by atoms with Crippen LogP contribution in [-0.2, 0) is 14.6 Å². The molecule has 1 aliphatic rings. The second-order valence-electron chi connectivity index (χ2n) is 5.17. The number of methoxy groups -OCH3 is 1. The summed E-state index contributed by atoms with van der Waals surface area (Å²) in [5.41, 5.74) is 0.459. The first-order valence-electron chi connectivity index (χ1n) is 6.86. The zero-order valence-electron chi connectivity index (χ0n) is 11.9. The van der Waals surface area contributed by atoms with E-state index in [2.05, 4.69) is 5.32 Å². The molecule has 1 aliphatic heterocycles. The molecular weight excluding hydrogens is 297 g/mol. The third-order valence-electron chi connectivity index (χ3n) is 3.64. The smallest absolute Gasteiger partial charge is 0.178 e. The van der Waals surface area contributed by atoms with Crippen molar-refractivity contribution >= 4 is 9.84 Å². The van der Waals surface area contributed by atoms with Crippen molar-refractivity contribution < 1.29 is 22.7 Å². The molecule has 118 valence electrons. The summed E-state index contributed by atoms with van der Waals surface area (Å²) in [6, 6.07) is 3.39. The van der Waals surface area contributed by atoms with Crippen LogP contribution < -0.4 is 5.32 Å². The maximum Gasteiger partial charge on any atom is 0.178 e. The third-order valence-corrected chi connectivity index (χ3v) is 5.45. The molecule has 7 heteroatoms. The van der Waals surface area contributed by atoms with Gasteiger partial charge in [0.1, 0.15) is 5.82 Å². The van der Waals surface area contributed by atoms with Gasteiger partial charge in [0.2, 0.25) is 0 Å². The van der Waals surface area contributed by atoms with E-state index in [0.717, 1.165) is 0 Å². The van der Waals surface area contributed by atoms with Gasteiger partial charge in [-0.2, -0.15) is 0 Å². The highest BCUT2D eigenvalue weighted by Gasteiger charge is 2.31.